The molecule has 2 heterocycles. The number of nitrogens with zero attached hydrogens (tertiary/aromatic N) is 4. The van der Waals surface area contributed by atoms with Gasteiger partial charge in [0.2, 0.25) is 0 Å². The van der Waals surface area contributed by atoms with Crippen molar-refractivity contribution in [2.24, 2.45) is 7.05 Å². The van der Waals surface area contributed by atoms with Gasteiger partial charge in [-0.05, 0) is 0 Å². The van der Waals surface area contributed by atoms with Crippen molar-refractivity contribution in [3.63, 3.8) is 0 Å². The van der Waals surface area contributed by atoms with Crippen LogP contribution in [0.1, 0.15) is 5.69 Å². The smallest absolute Gasteiger partial charge is 0.0967 e. The van der Waals surface area contributed by atoms with Gasteiger partial charge in [0.05, 0.1) is 18.9 Å². The van der Waals surface area contributed by atoms with Crippen molar-refractivity contribution < 1.29 is 4.74 Å². The van der Waals surface area contributed by atoms with Crippen LogP contribution in [-0.4, -0.2) is 51.6 Å². The van der Waals surface area contributed by atoms with Crippen LogP contribution >= 0.6 is 11.6 Å². The molecule has 0 aromatic carbocycles. The molecule has 0 saturated carbocycles. The van der Waals surface area contributed by atoms with Crippen molar-refractivity contribution in [1.82, 2.24) is 19.9 Å². The van der Waals surface area contributed by atoms with Crippen LogP contribution in [0, 0.1) is 0 Å². The van der Waals surface area contributed by atoms with Gasteiger partial charge in [-0.25, -0.2) is 0 Å². The number of ether oxygens (including phenoxy) is 1. The summed E-state index contributed by atoms with van der Waals surface area (Å²) in [4.78, 5) is 2.29. The molecule has 0 spiro atoms. The number of hydrogen-bond donors (Lipinski definition) is 0. The Morgan fingerprint density at radius 3 is 3.20 bits per heavy atom. The molecular formula is C9H15ClN4O. The molecule has 84 valence electrons. The summed E-state index contributed by atoms with van der Waals surface area (Å²) in [6.07, 6.45) is 1.93. The minimum atomic E-state index is 0.294. The van der Waals surface area contributed by atoms with Gasteiger partial charge in [-0.1, -0.05) is 5.21 Å². The van der Waals surface area contributed by atoms with E-state index >= 15 is 0 Å². The van der Waals surface area contributed by atoms with Crippen LogP contribution in [0.2, 0.25) is 0 Å². The summed E-state index contributed by atoms with van der Waals surface area (Å²) in [7, 11) is 1.87. The number of hydrogen-bond acceptors (Lipinski definition) is 4. The molecule has 1 atom stereocenters. The lowest BCUT2D eigenvalue weighted by Crippen LogP contribution is -2.45. The van der Waals surface area contributed by atoms with E-state index < -0.39 is 0 Å². The van der Waals surface area contributed by atoms with Crippen LogP contribution in [0.25, 0.3) is 0 Å². The highest BCUT2D eigenvalue weighted by atomic mass is 35.5. The highest BCUT2D eigenvalue weighted by Gasteiger charge is 2.22. The molecule has 0 aliphatic carbocycles. The largest absolute Gasteiger partial charge is 0.378 e. The maximum absolute atomic E-state index is 5.88. The zero-order chi connectivity index (χ0) is 10.7. The standard InChI is InChI=1S/C9H15ClN4O/c1-13-5-8(11-12-13)6-14-2-3-15-7-9(14)4-10/h5,9H,2-4,6-7H2,1H3. The molecule has 1 aliphatic rings. The summed E-state index contributed by atoms with van der Waals surface area (Å²) >= 11 is 5.88. The fourth-order valence-corrected chi connectivity index (χ4v) is 2.00. The number of alkyl halides is 1. The third kappa shape index (κ3) is 2.68. The van der Waals surface area contributed by atoms with Crippen molar-refractivity contribution in [2.75, 3.05) is 25.6 Å². The Morgan fingerprint density at radius 2 is 2.53 bits per heavy atom. The maximum atomic E-state index is 5.88. The fourth-order valence-electron chi connectivity index (χ4n) is 1.72. The van der Waals surface area contributed by atoms with Crippen LogP contribution < -0.4 is 0 Å². The summed E-state index contributed by atoms with van der Waals surface area (Å²) in [5.41, 5.74) is 0.981. The monoisotopic (exact) mass is 230 g/mol. The second-order valence-corrected chi connectivity index (χ2v) is 4.05. The highest BCUT2D eigenvalue weighted by molar-refractivity contribution is 6.18. The van der Waals surface area contributed by atoms with E-state index in [2.05, 4.69) is 15.2 Å². The van der Waals surface area contributed by atoms with Gasteiger partial charge in [-0.2, -0.15) is 0 Å². The average molecular weight is 231 g/mol. The first-order valence-corrected chi connectivity index (χ1v) is 5.56. The molecule has 5 nitrogen and oxygen atoms in total. The molecule has 0 bridgehead atoms. The van der Waals surface area contributed by atoms with E-state index in [-0.39, 0.29) is 0 Å². The van der Waals surface area contributed by atoms with Crippen molar-refractivity contribution in [3.05, 3.63) is 11.9 Å². The third-order valence-electron chi connectivity index (χ3n) is 2.54. The normalized spacial score (nSPS) is 23.2. The van der Waals surface area contributed by atoms with E-state index in [1.807, 2.05) is 13.2 Å². The third-order valence-corrected chi connectivity index (χ3v) is 2.90. The van der Waals surface area contributed by atoms with Gasteiger partial charge in [0, 0.05) is 38.3 Å². The fraction of sp³-hybridized carbons (Fsp3) is 0.778. The first-order chi connectivity index (χ1) is 7.29. The molecule has 1 aromatic heterocycles. The van der Waals surface area contributed by atoms with Gasteiger partial charge in [0.1, 0.15) is 0 Å². The molecule has 0 amide bonds. The number of aryl methyl sites for hydroxylation is 1. The Labute approximate surface area is 94.0 Å². The molecule has 0 N–H and O–H groups in total. The Balaban J connectivity index is 1.97. The molecule has 1 unspecified atom stereocenters. The molecule has 1 aliphatic heterocycles. The Morgan fingerprint density at radius 1 is 1.67 bits per heavy atom. The summed E-state index contributed by atoms with van der Waals surface area (Å²) in [6, 6.07) is 0.294. The first-order valence-electron chi connectivity index (χ1n) is 5.02. The van der Waals surface area contributed by atoms with E-state index in [1.165, 1.54) is 0 Å². The molecule has 1 aromatic rings. The van der Waals surface area contributed by atoms with Crippen LogP contribution in [0.4, 0.5) is 0 Å². The van der Waals surface area contributed by atoms with Gasteiger partial charge in [0.15, 0.2) is 0 Å². The SMILES string of the molecule is Cn1cc(CN2CCOCC2CCl)nn1. The lowest BCUT2D eigenvalue weighted by atomic mass is 10.2. The maximum Gasteiger partial charge on any atom is 0.0967 e. The summed E-state index contributed by atoms with van der Waals surface area (Å²) in [5, 5.41) is 7.97. The number of morpholine rings is 1. The lowest BCUT2D eigenvalue weighted by molar-refractivity contribution is -0.00359. The van der Waals surface area contributed by atoms with Crippen molar-refractivity contribution in [2.45, 2.75) is 12.6 Å². The van der Waals surface area contributed by atoms with Crippen molar-refractivity contribution >= 4 is 11.6 Å². The Bertz CT molecular complexity index is 317. The predicted molar refractivity (Wildman–Crippen MR) is 56.7 cm³/mol. The average Bonchev–Trinajstić information content (AvgIpc) is 2.65. The Hall–Kier alpha value is -0.650. The summed E-state index contributed by atoms with van der Waals surface area (Å²) in [6.45, 7) is 3.19. The van der Waals surface area contributed by atoms with Gasteiger partial charge < -0.3 is 4.74 Å². The van der Waals surface area contributed by atoms with Crippen LogP contribution in [0.15, 0.2) is 6.20 Å². The lowest BCUT2D eigenvalue weighted by Gasteiger charge is -2.33. The zero-order valence-corrected chi connectivity index (χ0v) is 9.52. The topological polar surface area (TPSA) is 43.2 Å². The molecule has 15 heavy (non-hydrogen) atoms. The summed E-state index contributed by atoms with van der Waals surface area (Å²) in [5.74, 6) is 0.597. The molecule has 1 saturated heterocycles. The summed E-state index contributed by atoms with van der Waals surface area (Å²) < 4.78 is 7.09. The van der Waals surface area contributed by atoms with Crippen LogP contribution in [-0.2, 0) is 18.3 Å². The Kier molecular flexibility index (Phi) is 3.56. The predicted octanol–water partition coefficient (Wildman–Crippen LogP) is 0.255. The minimum absolute atomic E-state index is 0.294. The first kappa shape index (κ1) is 10.9. The number of aromatic nitrogens is 3. The van der Waals surface area contributed by atoms with Crippen molar-refractivity contribution in [1.29, 1.82) is 0 Å². The van der Waals surface area contributed by atoms with Crippen molar-refractivity contribution in [3.8, 4) is 0 Å². The second-order valence-electron chi connectivity index (χ2n) is 3.74. The minimum Gasteiger partial charge on any atom is -0.378 e. The highest BCUT2D eigenvalue weighted by Crippen LogP contribution is 2.11. The van der Waals surface area contributed by atoms with Gasteiger partial charge in [-0.3, -0.25) is 9.58 Å². The molecule has 2 rings (SSSR count). The molecule has 0 radical (unpaired) electrons. The van der Waals surface area contributed by atoms with Gasteiger partial charge >= 0.3 is 0 Å². The van der Waals surface area contributed by atoms with Gasteiger partial charge in [-0.15, -0.1) is 16.7 Å². The molecule has 1 fully saturated rings. The van der Waals surface area contributed by atoms with Crippen LogP contribution in [0.5, 0.6) is 0 Å². The van der Waals surface area contributed by atoms with E-state index in [9.17, 15) is 0 Å². The second kappa shape index (κ2) is 4.92. The van der Waals surface area contributed by atoms with E-state index in [1.54, 1.807) is 4.68 Å². The van der Waals surface area contributed by atoms with E-state index in [0.717, 1.165) is 25.4 Å². The number of rotatable bonds is 3. The molecule has 6 heteroatoms. The quantitative estimate of drug-likeness (QED) is 0.699. The van der Waals surface area contributed by atoms with Gasteiger partial charge in [0.25, 0.3) is 0 Å². The van der Waals surface area contributed by atoms with E-state index in [4.69, 9.17) is 16.3 Å². The molecular weight excluding hydrogens is 216 g/mol. The van der Waals surface area contributed by atoms with Crippen LogP contribution in [0.3, 0.4) is 0 Å². The number of halogens is 1. The zero-order valence-electron chi connectivity index (χ0n) is 8.77. The van der Waals surface area contributed by atoms with E-state index in [0.29, 0.717) is 18.5 Å².